The average molecular weight is 479 g/mol. The Kier molecular flexibility index (Phi) is 5.99. The maximum Gasteiger partial charge on any atom is 0.300 e. The Morgan fingerprint density at radius 1 is 1.00 bits per heavy atom. The molecule has 3 N–H and O–H groups in total. The van der Waals surface area contributed by atoms with E-state index in [2.05, 4.69) is 0 Å². The number of carbonyl (C=O) groups excluding carboxylic acids is 2. The van der Waals surface area contributed by atoms with Crippen LogP contribution in [-0.4, -0.2) is 32.3 Å². The fourth-order valence-corrected chi connectivity index (χ4v) is 4.54. The summed E-state index contributed by atoms with van der Waals surface area (Å²) in [5, 5.41) is 16.4. The SMILES string of the molecule is COc1ccc(/C(O)=C2\C(=O)C(=O)N(c3ccc(S(N)(=O)=O)cc3)C2c2ccccc2)cc1C. The summed E-state index contributed by atoms with van der Waals surface area (Å²) in [6.07, 6.45) is 0. The number of hydrogen-bond donors (Lipinski definition) is 2. The molecule has 3 aromatic rings. The number of benzene rings is 3. The van der Waals surface area contributed by atoms with Crippen LogP contribution in [0.25, 0.3) is 5.76 Å². The van der Waals surface area contributed by atoms with Crippen molar-refractivity contribution in [1.29, 1.82) is 0 Å². The first-order valence-corrected chi connectivity index (χ1v) is 11.8. The van der Waals surface area contributed by atoms with Crippen molar-refractivity contribution in [1.82, 2.24) is 0 Å². The maximum atomic E-state index is 13.2. The van der Waals surface area contributed by atoms with Crippen molar-refractivity contribution in [3.63, 3.8) is 0 Å². The van der Waals surface area contributed by atoms with E-state index in [1.54, 1.807) is 55.5 Å². The molecule has 1 aliphatic rings. The van der Waals surface area contributed by atoms with Crippen LogP contribution in [0.1, 0.15) is 22.7 Å². The summed E-state index contributed by atoms with van der Waals surface area (Å²) in [5.74, 6) is -1.40. The van der Waals surface area contributed by atoms with Gasteiger partial charge in [-0.2, -0.15) is 0 Å². The van der Waals surface area contributed by atoms with Crippen molar-refractivity contribution in [2.45, 2.75) is 17.9 Å². The first kappa shape index (κ1) is 23.2. The van der Waals surface area contributed by atoms with E-state index in [1.165, 1.54) is 36.3 Å². The Labute approximate surface area is 196 Å². The highest BCUT2D eigenvalue weighted by Gasteiger charge is 2.47. The van der Waals surface area contributed by atoms with Crippen LogP contribution in [0.4, 0.5) is 5.69 Å². The normalized spacial score (nSPS) is 17.7. The van der Waals surface area contributed by atoms with Gasteiger partial charge in [0.2, 0.25) is 10.0 Å². The van der Waals surface area contributed by atoms with Gasteiger partial charge >= 0.3 is 0 Å². The fourth-order valence-electron chi connectivity index (χ4n) is 4.03. The molecule has 0 aliphatic carbocycles. The van der Waals surface area contributed by atoms with E-state index < -0.39 is 27.8 Å². The molecule has 3 aromatic carbocycles. The summed E-state index contributed by atoms with van der Waals surface area (Å²) < 4.78 is 28.5. The molecule has 174 valence electrons. The van der Waals surface area contributed by atoms with Gasteiger partial charge in [-0.25, -0.2) is 13.6 Å². The average Bonchev–Trinajstić information content (AvgIpc) is 3.09. The number of anilines is 1. The Balaban J connectivity index is 1.90. The second-order valence-corrected chi connectivity index (χ2v) is 9.36. The van der Waals surface area contributed by atoms with Crippen molar-refractivity contribution in [2.75, 3.05) is 12.0 Å². The van der Waals surface area contributed by atoms with E-state index >= 15 is 0 Å². The largest absolute Gasteiger partial charge is 0.507 e. The third-order valence-corrected chi connectivity index (χ3v) is 6.60. The monoisotopic (exact) mass is 478 g/mol. The number of aliphatic hydroxyl groups is 1. The Hall–Kier alpha value is -3.95. The fraction of sp³-hybridized carbons (Fsp3) is 0.120. The topological polar surface area (TPSA) is 127 Å². The number of hydrogen-bond acceptors (Lipinski definition) is 6. The van der Waals surface area contributed by atoms with Crippen LogP contribution in [0.2, 0.25) is 0 Å². The number of primary sulfonamides is 1. The summed E-state index contributed by atoms with van der Waals surface area (Å²) in [4.78, 5) is 27.4. The molecule has 0 saturated carbocycles. The summed E-state index contributed by atoms with van der Waals surface area (Å²) in [6, 6.07) is 18.2. The van der Waals surface area contributed by atoms with Crippen molar-refractivity contribution in [3.05, 3.63) is 95.1 Å². The van der Waals surface area contributed by atoms with E-state index in [0.29, 0.717) is 16.9 Å². The zero-order valence-corrected chi connectivity index (χ0v) is 19.2. The second-order valence-electron chi connectivity index (χ2n) is 7.80. The molecule has 34 heavy (non-hydrogen) atoms. The molecule has 8 nitrogen and oxygen atoms in total. The summed E-state index contributed by atoms with van der Waals surface area (Å²) in [6.45, 7) is 1.80. The van der Waals surface area contributed by atoms with Crippen LogP contribution in [0.15, 0.2) is 83.3 Å². The lowest BCUT2D eigenvalue weighted by atomic mass is 9.94. The van der Waals surface area contributed by atoms with Crippen molar-refractivity contribution in [3.8, 4) is 5.75 Å². The number of Topliss-reactive ketones (excluding diaryl/α,β-unsaturated/α-hetero) is 1. The number of ketones is 1. The lowest BCUT2D eigenvalue weighted by molar-refractivity contribution is -0.132. The van der Waals surface area contributed by atoms with Crippen LogP contribution in [0.5, 0.6) is 5.75 Å². The first-order valence-electron chi connectivity index (χ1n) is 10.3. The predicted molar refractivity (Wildman–Crippen MR) is 127 cm³/mol. The Morgan fingerprint density at radius 3 is 2.21 bits per heavy atom. The molecule has 1 saturated heterocycles. The van der Waals surface area contributed by atoms with Gasteiger partial charge in [0.05, 0.1) is 23.6 Å². The molecule has 1 fully saturated rings. The number of methoxy groups -OCH3 is 1. The van der Waals surface area contributed by atoms with Crippen LogP contribution >= 0.6 is 0 Å². The summed E-state index contributed by atoms with van der Waals surface area (Å²) >= 11 is 0. The molecule has 1 heterocycles. The molecular weight excluding hydrogens is 456 g/mol. The van der Waals surface area contributed by atoms with Crippen LogP contribution in [0.3, 0.4) is 0 Å². The smallest absolute Gasteiger partial charge is 0.300 e. The van der Waals surface area contributed by atoms with Crippen molar-refractivity contribution >= 4 is 33.2 Å². The van der Waals surface area contributed by atoms with E-state index in [-0.39, 0.29) is 21.9 Å². The van der Waals surface area contributed by atoms with Gasteiger partial charge in [0.25, 0.3) is 11.7 Å². The molecule has 4 rings (SSSR count). The number of sulfonamides is 1. The van der Waals surface area contributed by atoms with E-state index in [9.17, 15) is 23.1 Å². The van der Waals surface area contributed by atoms with Gasteiger partial charge in [0.1, 0.15) is 11.5 Å². The number of amides is 1. The number of aryl methyl sites for hydroxylation is 1. The minimum atomic E-state index is -3.93. The zero-order valence-electron chi connectivity index (χ0n) is 18.4. The minimum absolute atomic E-state index is 0.0729. The molecule has 0 aromatic heterocycles. The van der Waals surface area contributed by atoms with E-state index in [4.69, 9.17) is 9.88 Å². The third-order valence-electron chi connectivity index (χ3n) is 5.67. The third kappa shape index (κ3) is 4.07. The number of nitrogens with zero attached hydrogens (tertiary/aromatic N) is 1. The molecular formula is C25H22N2O6S. The van der Waals surface area contributed by atoms with Gasteiger partial charge in [-0.1, -0.05) is 30.3 Å². The molecule has 0 spiro atoms. The van der Waals surface area contributed by atoms with Crippen LogP contribution in [0, 0.1) is 6.92 Å². The minimum Gasteiger partial charge on any atom is -0.507 e. The molecule has 1 atom stereocenters. The summed E-state index contributed by atoms with van der Waals surface area (Å²) in [5.41, 5.74) is 1.92. The Bertz CT molecular complexity index is 1410. The lowest BCUT2D eigenvalue weighted by Gasteiger charge is -2.25. The quantitative estimate of drug-likeness (QED) is 0.329. The van der Waals surface area contributed by atoms with E-state index in [1.807, 2.05) is 0 Å². The standard InChI is InChI=1S/C25H22N2O6S/c1-15-14-17(8-13-20(15)33-2)23(28)21-22(16-6-4-3-5-7-16)27(25(30)24(21)29)18-9-11-19(12-10-18)34(26,31)32/h3-14,22,28H,1-2H3,(H2,26,31,32)/b23-21+. The van der Waals surface area contributed by atoms with Gasteiger partial charge < -0.3 is 9.84 Å². The van der Waals surface area contributed by atoms with Gasteiger partial charge in [-0.3, -0.25) is 14.5 Å². The van der Waals surface area contributed by atoms with Crippen LogP contribution in [-0.2, 0) is 19.6 Å². The first-order chi connectivity index (χ1) is 16.1. The highest BCUT2D eigenvalue weighted by molar-refractivity contribution is 7.89. The van der Waals surface area contributed by atoms with E-state index in [0.717, 1.165) is 5.56 Å². The number of carbonyl (C=O) groups is 2. The van der Waals surface area contributed by atoms with Crippen LogP contribution < -0.4 is 14.8 Å². The lowest BCUT2D eigenvalue weighted by Crippen LogP contribution is -2.29. The molecule has 1 amide bonds. The molecule has 1 aliphatic heterocycles. The number of nitrogens with two attached hydrogens (primary N) is 1. The second kappa shape index (κ2) is 8.77. The Morgan fingerprint density at radius 2 is 1.65 bits per heavy atom. The summed E-state index contributed by atoms with van der Waals surface area (Å²) in [7, 11) is -2.40. The molecule has 0 bridgehead atoms. The molecule has 0 radical (unpaired) electrons. The number of rotatable bonds is 5. The number of ether oxygens (including phenoxy) is 1. The van der Waals surface area contributed by atoms with Gasteiger partial charge in [-0.15, -0.1) is 0 Å². The highest BCUT2D eigenvalue weighted by atomic mass is 32.2. The predicted octanol–water partition coefficient (Wildman–Crippen LogP) is 3.28. The van der Waals surface area contributed by atoms with Gasteiger partial charge in [0, 0.05) is 11.3 Å². The maximum absolute atomic E-state index is 13.2. The van der Waals surface area contributed by atoms with Crippen molar-refractivity contribution in [2.24, 2.45) is 5.14 Å². The molecule has 1 unspecified atom stereocenters. The zero-order chi connectivity index (χ0) is 24.6. The molecule has 9 heteroatoms. The van der Waals surface area contributed by atoms with Gasteiger partial charge in [-0.05, 0) is 60.5 Å². The number of aliphatic hydroxyl groups excluding tert-OH is 1. The van der Waals surface area contributed by atoms with Crippen molar-refractivity contribution < 1.29 is 27.9 Å². The van der Waals surface area contributed by atoms with Gasteiger partial charge in [0.15, 0.2) is 0 Å². The highest BCUT2D eigenvalue weighted by Crippen LogP contribution is 2.42.